The van der Waals surface area contributed by atoms with Crippen molar-refractivity contribution in [1.29, 1.82) is 0 Å². The Morgan fingerprint density at radius 2 is 1.82 bits per heavy atom. The Hall–Kier alpha value is -3.30. The smallest absolute Gasteiger partial charge is 0.404 e. The Morgan fingerprint density at radius 1 is 1.09 bits per heavy atom. The molecule has 2 atom stereocenters. The Balaban J connectivity index is 1.70. The Bertz CT molecular complexity index is 1070. The van der Waals surface area contributed by atoms with Gasteiger partial charge in [0.05, 0.1) is 24.2 Å². The van der Waals surface area contributed by atoms with E-state index in [1.807, 2.05) is 16.8 Å². The van der Waals surface area contributed by atoms with E-state index in [-0.39, 0.29) is 18.5 Å². The maximum atomic E-state index is 13.5. The second-order valence-corrected chi connectivity index (χ2v) is 8.77. The van der Waals surface area contributed by atoms with Gasteiger partial charge in [0.25, 0.3) is 0 Å². The van der Waals surface area contributed by atoms with E-state index in [1.165, 1.54) is 5.56 Å². The van der Waals surface area contributed by atoms with Crippen LogP contribution in [0.4, 0.5) is 13.6 Å². The maximum absolute atomic E-state index is 13.5. The van der Waals surface area contributed by atoms with Crippen LogP contribution in [0.15, 0.2) is 55.1 Å². The highest BCUT2D eigenvalue weighted by Gasteiger charge is 2.22. The van der Waals surface area contributed by atoms with Crippen LogP contribution in [0.1, 0.15) is 30.5 Å². The van der Waals surface area contributed by atoms with Crippen molar-refractivity contribution in [2.24, 2.45) is 5.92 Å². The van der Waals surface area contributed by atoms with Crippen molar-refractivity contribution in [1.82, 2.24) is 20.2 Å². The van der Waals surface area contributed by atoms with Gasteiger partial charge in [-0.1, -0.05) is 26.0 Å². The van der Waals surface area contributed by atoms with Crippen molar-refractivity contribution in [2.75, 3.05) is 6.54 Å². The first-order chi connectivity index (χ1) is 16.2. The van der Waals surface area contributed by atoms with Gasteiger partial charge in [-0.2, -0.15) is 0 Å². The molecule has 3 aromatic rings. The third-order valence-electron chi connectivity index (χ3n) is 5.39. The zero-order chi connectivity index (χ0) is 24.7. The molecular formula is C25H30F2N4O3. The molecule has 34 heavy (non-hydrogen) atoms. The van der Waals surface area contributed by atoms with Crippen LogP contribution in [0, 0.1) is 17.6 Å². The van der Waals surface area contributed by atoms with E-state index in [2.05, 4.69) is 41.6 Å². The van der Waals surface area contributed by atoms with Gasteiger partial charge in [0, 0.05) is 31.5 Å². The Kier molecular flexibility index (Phi) is 8.72. The third kappa shape index (κ3) is 7.36. The number of hydrogen-bond acceptors (Lipinski definition) is 4. The topological polar surface area (TPSA) is 99.4 Å². The summed E-state index contributed by atoms with van der Waals surface area (Å²) in [6.07, 6.45) is 3.66. The van der Waals surface area contributed by atoms with Crippen molar-refractivity contribution >= 4 is 6.09 Å². The van der Waals surface area contributed by atoms with Gasteiger partial charge in [-0.05, 0) is 53.6 Å². The third-order valence-corrected chi connectivity index (χ3v) is 5.39. The first-order valence-corrected chi connectivity index (χ1v) is 11.1. The highest BCUT2D eigenvalue weighted by atomic mass is 19.1. The molecule has 1 heterocycles. The van der Waals surface area contributed by atoms with Gasteiger partial charge >= 0.3 is 6.09 Å². The lowest BCUT2D eigenvalue weighted by Gasteiger charge is -2.24. The van der Waals surface area contributed by atoms with Crippen molar-refractivity contribution in [3.63, 3.8) is 0 Å². The second kappa shape index (κ2) is 11.7. The minimum absolute atomic E-state index is 0.0615. The average Bonchev–Trinajstić information content (AvgIpc) is 3.26. The van der Waals surface area contributed by atoms with Crippen molar-refractivity contribution in [3.8, 4) is 5.69 Å². The van der Waals surface area contributed by atoms with Crippen LogP contribution >= 0.6 is 0 Å². The molecule has 0 aliphatic rings. The lowest BCUT2D eigenvalue weighted by Crippen LogP contribution is -2.48. The number of imidazole rings is 1. The van der Waals surface area contributed by atoms with Gasteiger partial charge in [-0.3, -0.25) is 0 Å². The fraction of sp³-hybridized carbons (Fsp3) is 0.360. The molecule has 0 radical (unpaired) electrons. The molecule has 0 bridgehead atoms. The van der Waals surface area contributed by atoms with E-state index < -0.39 is 29.9 Å². The zero-order valence-corrected chi connectivity index (χ0v) is 19.2. The predicted octanol–water partition coefficient (Wildman–Crippen LogP) is 3.68. The van der Waals surface area contributed by atoms with Gasteiger partial charge < -0.3 is 25.4 Å². The van der Waals surface area contributed by atoms with Crippen LogP contribution in [-0.2, 0) is 19.4 Å². The lowest BCUT2D eigenvalue weighted by atomic mass is 9.99. The van der Waals surface area contributed by atoms with Crippen LogP contribution in [0.25, 0.3) is 5.69 Å². The van der Waals surface area contributed by atoms with Gasteiger partial charge in [0.2, 0.25) is 0 Å². The first-order valence-electron chi connectivity index (χ1n) is 11.1. The number of aliphatic hydroxyl groups is 1. The summed E-state index contributed by atoms with van der Waals surface area (Å²) in [7, 11) is 0. The summed E-state index contributed by atoms with van der Waals surface area (Å²) in [6, 6.07) is 8.25. The molecule has 1 aromatic heterocycles. The summed E-state index contributed by atoms with van der Waals surface area (Å²) in [5.41, 5.74) is 3.38. The number of aromatic nitrogens is 2. The molecule has 0 fully saturated rings. The predicted molar refractivity (Wildman–Crippen MR) is 125 cm³/mol. The normalized spacial score (nSPS) is 13.1. The standard InChI is InChI=1S/C25H30F2N4O3/c1-16(2)7-17-3-4-23(31-6-5-28-15-31)19(8-17)13-29-14-24(32)22(30-25(33)34)11-18-9-20(26)12-21(27)10-18/h3-6,8-10,12,15-16,22,24,29-30,32H,7,11,13-14H2,1-2H3,(H,33,34)/t22-,24+/m0/s1. The Morgan fingerprint density at radius 3 is 2.44 bits per heavy atom. The largest absolute Gasteiger partial charge is 0.465 e. The second-order valence-electron chi connectivity index (χ2n) is 8.77. The quantitative estimate of drug-likeness (QED) is 0.341. The van der Waals surface area contributed by atoms with Crippen molar-refractivity contribution < 1.29 is 23.8 Å². The maximum Gasteiger partial charge on any atom is 0.404 e. The summed E-state index contributed by atoms with van der Waals surface area (Å²) >= 11 is 0. The number of carboxylic acid groups (broad SMARTS) is 1. The monoisotopic (exact) mass is 472 g/mol. The number of hydrogen-bond donors (Lipinski definition) is 4. The minimum Gasteiger partial charge on any atom is -0.465 e. The molecule has 0 aliphatic heterocycles. The molecule has 182 valence electrons. The Labute approximate surface area is 197 Å². The number of aliphatic hydroxyl groups excluding tert-OH is 1. The van der Waals surface area contributed by atoms with E-state index in [0.29, 0.717) is 12.5 Å². The summed E-state index contributed by atoms with van der Waals surface area (Å²) in [4.78, 5) is 15.3. The van der Waals surface area contributed by atoms with Gasteiger partial charge in [0.1, 0.15) is 11.6 Å². The van der Waals surface area contributed by atoms with Crippen LogP contribution in [-0.4, -0.2) is 44.5 Å². The van der Waals surface area contributed by atoms with E-state index in [4.69, 9.17) is 5.11 Å². The highest BCUT2D eigenvalue weighted by Crippen LogP contribution is 2.19. The molecule has 9 heteroatoms. The highest BCUT2D eigenvalue weighted by molar-refractivity contribution is 5.65. The van der Waals surface area contributed by atoms with Crippen molar-refractivity contribution in [2.45, 2.75) is 45.4 Å². The summed E-state index contributed by atoms with van der Waals surface area (Å²) in [5, 5.41) is 25.3. The molecule has 0 unspecified atom stereocenters. The van der Waals surface area contributed by atoms with E-state index in [1.54, 1.807) is 12.5 Å². The number of nitrogens with zero attached hydrogens (tertiary/aromatic N) is 2. The molecular weight excluding hydrogens is 442 g/mol. The average molecular weight is 473 g/mol. The van der Waals surface area contributed by atoms with Gasteiger partial charge in [0.15, 0.2) is 0 Å². The lowest BCUT2D eigenvalue weighted by molar-refractivity contribution is 0.117. The fourth-order valence-corrected chi connectivity index (χ4v) is 3.95. The van der Waals surface area contributed by atoms with Gasteiger partial charge in [-0.15, -0.1) is 0 Å². The van der Waals surface area contributed by atoms with Gasteiger partial charge in [-0.25, -0.2) is 18.6 Å². The minimum atomic E-state index is -1.33. The number of rotatable bonds is 11. The van der Waals surface area contributed by atoms with E-state index in [0.717, 1.165) is 35.9 Å². The van der Waals surface area contributed by atoms with Crippen LogP contribution < -0.4 is 10.6 Å². The molecule has 7 nitrogen and oxygen atoms in total. The number of carbonyl (C=O) groups is 1. The van der Waals surface area contributed by atoms with Crippen molar-refractivity contribution in [3.05, 3.63) is 83.4 Å². The molecule has 4 N–H and O–H groups in total. The number of halogens is 2. The molecule has 1 amide bonds. The zero-order valence-electron chi connectivity index (χ0n) is 19.2. The van der Waals surface area contributed by atoms with Crippen LogP contribution in [0.3, 0.4) is 0 Å². The molecule has 0 saturated heterocycles. The summed E-state index contributed by atoms with van der Waals surface area (Å²) in [6.45, 7) is 4.79. The first kappa shape index (κ1) is 25.3. The van der Waals surface area contributed by atoms with Crippen LogP contribution in [0.5, 0.6) is 0 Å². The van der Waals surface area contributed by atoms with Crippen LogP contribution in [0.2, 0.25) is 0 Å². The molecule has 0 saturated carbocycles. The number of benzene rings is 2. The molecule has 3 rings (SSSR count). The SMILES string of the molecule is CC(C)Cc1ccc(-n2ccnc2)c(CNC[C@@H](O)[C@H](Cc2cc(F)cc(F)c2)NC(=O)O)c1. The van der Waals surface area contributed by atoms with E-state index >= 15 is 0 Å². The molecule has 0 spiro atoms. The molecule has 0 aliphatic carbocycles. The summed E-state index contributed by atoms with van der Waals surface area (Å²) < 4.78 is 29.0. The van der Waals surface area contributed by atoms with E-state index in [9.17, 15) is 18.7 Å². The fourth-order valence-electron chi connectivity index (χ4n) is 3.95. The number of nitrogens with one attached hydrogen (secondary N) is 2. The number of amides is 1. The summed E-state index contributed by atoms with van der Waals surface area (Å²) in [5.74, 6) is -1.02. The molecule has 2 aromatic carbocycles.